The number of alkyl halides is 3. The fraction of sp³-hybridized carbons (Fsp3) is 0.167. The Kier molecular flexibility index (Phi) is 4.46. The van der Waals surface area contributed by atoms with Gasteiger partial charge in [0.2, 0.25) is 3.79 Å². The third kappa shape index (κ3) is 2.86. The Labute approximate surface area is 116 Å². The first kappa shape index (κ1) is 13.7. The van der Waals surface area contributed by atoms with Gasteiger partial charge in [0, 0.05) is 0 Å². The van der Waals surface area contributed by atoms with Crippen molar-refractivity contribution in [1.29, 1.82) is 0 Å². The summed E-state index contributed by atoms with van der Waals surface area (Å²) in [4.78, 5) is 3.76. The van der Waals surface area contributed by atoms with Crippen molar-refractivity contribution in [2.75, 3.05) is 5.43 Å². The third-order valence-corrected chi connectivity index (χ3v) is 3.09. The summed E-state index contributed by atoms with van der Waals surface area (Å²) in [6.45, 7) is 0. The molecule has 0 fully saturated rings. The highest BCUT2D eigenvalue weighted by atomic mass is 35.6. The summed E-state index contributed by atoms with van der Waals surface area (Å²) in [5.41, 5.74) is 2.36. The molecule has 3 N–H and O–H groups in total. The van der Waals surface area contributed by atoms with Gasteiger partial charge in [-0.15, -0.1) is 0 Å². The molecule has 9 heteroatoms. The van der Waals surface area contributed by atoms with Gasteiger partial charge in [-0.05, 0) is 0 Å². The van der Waals surface area contributed by atoms with Crippen LogP contribution in [0.15, 0.2) is 0 Å². The molecule has 0 aliphatic rings. The van der Waals surface area contributed by atoms with Gasteiger partial charge in [-0.2, -0.15) is 0 Å². The molecule has 0 atom stereocenters. The van der Waals surface area contributed by atoms with E-state index in [9.17, 15) is 0 Å². The molecule has 15 heavy (non-hydrogen) atoms. The van der Waals surface area contributed by atoms with Crippen LogP contribution in [0.1, 0.15) is 5.69 Å². The molecule has 0 aliphatic carbocycles. The number of nitrogen functional groups attached to an aromatic ring is 1. The highest BCUT2D eigenvalue weighted by Crippen LogP contribution is 2.46. The molecule has 0 spiro atoms. The standard InChI is InChI=1S/C6H3Cl6N3/c7-1-3(15-13)2(8)5(9)14-4(1)6(10,11)12/h13H2,(H,14,15). The number of halogens is 6. The van der Waals surface area contributed by atoms with Gasteiger partial charge < -0.3 is 5.43 Å². The minimum Gasteiger partial charge on any atom is -0.321 e. The smallest absolute Gasteiger partial charge is 0.234 e. The van der Waals surface area contributed by atoms with Crippen LogP contribution in [-0.2, 0) is 3.79 Å². The van der Waals surface area contributed by atoms with E-state index in [1.807, 2.05) is 0 Å². The molecular weight excluding hydrogens is 327 g/mol. The first-order valence-corrected chi connectivity index (χ1v) is 5.64. The molecule has 0 aromatic carbocycles. The van der Waals surface area contributed by atoms with Crippen molar-refractivity contribution in [3.05, 3.63) is 20.9 Å². The Hall–Kier alpha value is 0.650. The minimum atomic E-state index is -1.81. The highest BCUT2D eigenvalue weighted by Gasteiger charge is 2.31. The molecule has 0 radical (unpaired) electrons. The van der Waals surface area contributed by atoms with E-state index < -0.39 is 3.79 Å². The first-order chi connectivity index (χ1) is 6.79. The second-order valence-electron chi connectivity index (χ2n) is 2.40. The number of nitrogens with one attached hydrogen (secondary N) is 1. The number of nitrogens with zero attached hydrogens (tertiary/aromatic N) is 1. The summed E-state index contributed by atoms with van der Waals surface area (Å²) < 4.78 is -1.81. The zero-order valence-corrected chi connectivity index (χ0v) is 11.3. The summed E-state index contributed by atoms with van der Waals surface area (Å²) >= 11 is 34.2. The lowest BCUT2D eigenvalue weighted by atomic mass is 10.3. The molecule has 84 valence electrons. The largest absolute Gasteiger partial charge is 0.321 e. The number of hydrazine groups is 1. The number of rotatable bonds is 1. The quantitative estimate of drug-likeness (QED) is 0.352. The van der Waals surface area contributed by atoms with Crippen LogP contribution in [-0.4, -0.2) is 4.98 Å². The topological polar surface area (TPSA) is 50.9 Å². The highest BCUT2D eigenvalue weighted by molar-refractivity contribution is 6.67. The Balaban J connectivity index is 3.51. The maximum atomic E-state index is 5.87. The molecule has 0 saturated carbocycles. The molecule has 3 nitrogen and oxygen atoms in total. The van der Waals surface area contributed by atoms with Crippen molar-refractivity contribution in [2.45, 2.75) is 3.79 Å². The van der Waals surface area contributed by atoms with E-state index >= 15 is 0 Å². The van der Waals surface area contributed by atoms with Gasteiger partial charge >= 0.3 is 0 Å². The number of pyridine rings is 1. The molecule has 0 amide bonds. The predicted molar refractivity (Wildman–Crippen MR) is 66.3 cm³/mol. The average molecular weight is 330 g/mol. The Morgan fingerprint density at radius 1 is 1.07 bits per heavy atom. The van der Waals surface area contributed by atoms with Gasteiger partial charge in [-0.1, -0.05) is 69.6 Å². The summed E-state index contributed by atoms with van der Waals surface area (Å²) in [6, 6.07) is 0. The third-order valence-electron chi connectivity index (χ3n) is 1.45. The van der Waals surface area contributed by atoms with Gasteiger partial charge in [0.05, 0.1) is 10.7 Å². The molecular formula is C6H3Cl6N3. The predicted octanol–water partition coefficient (Wildman–Crippen LogP) is 4.15. The van der Waals surface area contributed by atoms with E-state index in [2.05, 4.69) is 10.4 Å². The number of anilines is 1. The lowest BCUT2D eigenvalue weighted by molar-refractivity contribution is 1.08. The van der Waals surface area contributed by atoms with Gasteiger partial charge in [0.25, 0.3) is 0 Å². The van der Waals surface area contributed by atoms with Crippen molar-refractivity contribution in [1.82, 2.24) is 4.98 Å². The van der Waals surface area contributed by atoms with Gasteiger partial charge in [0.15, 0.2) is 0 Å². The van der Waals surface area contributed by atoms with Crippen LogP contribution in [0, 0.1) is 0 Å². The van der Waals surface area contributed by atoms with Crippen molar-refractivity contribution in [3.8, 4) is 0 Å². The van der Waals surface area contributed by atoms with E-state index in [0.29, 0.717) is 0 Å². The SMILES string of the molecule is NNc1c(Cl)c(Cl)nc(C(Cl)(Cl)Cl)c1Cl. The summed E-state index contributed by atoms with van der Waals surface area (Å²) in [7, 11) is 0. The van der Waals surface area contributed by atoms with E-state index in [0.717, 1.165) is 0 Å². The van der Waals surface area contributed by atoms with E-state index in [1.54, 1.807) is 0 Å². The Morgan fingerprint density at radius 2 is 1.60 bits per heavy atom. The van der Waals surface area contributed by atoms with Crippen LogP contribution in [0.2, 0.25) is 15.2 Å². The van der Waals surface area contributed by atoms with E-state index in [1.165, 1.54) is 0 Å². The molecule has 1 aromatic rings. The number of nitrogens with two attached hydrogens (primary N) is 1. The maximum absolute atomic E-state index is 5.87. The molecule has 0 saturated heterocycles. The summed E-state index contributed by atoms with van der Waals surface area (Å²) in [6.07, 6.45) is 0. The maximum Gasteiger partial charge on any atom is 0.234 e. The Bertz CT molecular complexity index is 387. The minimum absolute atomic E-state index is 0.00639. The molecule has 1 rings (SSSR count). The normalized spacial score (nSPS) is 11.7. The van der Waals surface area contributed by atoms with Crippen LogP contribution < -0.4 is 11.3 Å². The first-order valence-electron chi connectivity index (χ1n) is 3.37. The van der Waals surface area contributed by atoms with Crippen molar-refractivity contribution in [2.24, 2.45) is 5.84 Å². The van der Waals surface area contributed by atoms with E-state index in [4.69, 9.17) is 75.4 Å². The van der Waals surface area contributed by atoms with Gasteiger partial charge in [-0.25, -0.2) is 4.98 Å². The fourth-order valence-electron chi connectivity index (χ4n) is 0.829. The lowest BCUT2D eigenvalue weighted by Crippen LogP contribution is -2.13. The van der Waals surface area contributed by atoms with Gasteiger partial charge in [0.1, 0.15) is 15.9 Å². The van der Waals surface area contributed by atoms with Crippen LogP contribution in [0.25, 0.3) is 0 Å². The number of hydrogen-bond donors (Lipinski definition) is 2. The fourth-order valence-corrected chi connectivity index (χ4v) is 2.14. The van der Waals surface area contributed by atoms with Gasteiger partial charge in [-0.3, -0.25) is 5.84 Å². The average Bonchev–Trinajstić information content (AvgIpc) is 2.10. The van der Waals surface area contributed by atoms with Crippen molar-refractivity contribution >= 4 is 75.3 Å². The molecule has 1 aromatic heterocycles. The molecule has 0 aliphatic heterocycles. The van der Waals surface area contributed by atoms with Crippen LogP contribution in [0.3, 0.4) is 0 Å². The van der Waals surface area contributed by atoms with Crippen LogP contribution in [0.4, 0.5) is 5.69 Å². The monoisotopic (exact) mass is 327 g/mol. The second-order valence-corrected chi connectivity index (χ2v) is 5.79. The second kappa shape index (κ2) is 4.88. The number of hydrogen-bond acceptors (Lipinski definition) is 3. The zero-order chi connectivity index (χ0) is 11.8. The molecule has 0 unspecified atom stereocenters. The number of aromatic nitrogens is 1. The zero-order valence-electron chi connectivity index (χ0n) is 6.79. The molecule has 1 heterocycles. The van der Waals surface area contributed by atoms with Crippen molar-refractivity contribution in [3.63, 3.8) is 0 Å². The van der Waals surface area contributed by atoms with Crippen LogP contribution >= 0.6 is 69.6 Å². The Morgan fingerprint density at radius 3 is 2.00 bits per heavy atom. The summed E-state index contributed by atoms with van der Waals surface area (Å²) in [5.74, 6) is 5.20. The van der Waals surface area contributed by atoms with E-state index in [-0.39, 0.29) is 26.6 Å². The van der Waals surface area contributed by atoms with Crippen molar-refractivity contribution < 1.29 is 0 Å². The lowest BCUT2D eigenvalue weighted by Gasteiger charge is -2.16. The van der Waals surface area contributed by atoms with Crippen LogP contribution in [0.5, 0.6) is 0 Å². The molecule has 0 bridgehead atoms. The summed E-state index contributed by atoms with van der Waals surface area (Å²) in [5, 5.41) is 0.00408.